The second-order valence-electron chi connectivity index (χ2n) is 4.94. The molecular weight excluding hydrogens is 314 g/mol. The Bertz CT molecular complexity index is 680. The van der Waals surface area contributed by atoms with E-state index < -0.39 is 17.7 Å². The molecule has 1 aliphatic heterocycles. The summed E-state index contributed by atoms with van der Waals surface area (Å²) < 4.78 is 32.0. The molecule has 1 fully saturated rings. The summed E-state index contributed by atoms with van der Waals surface area (Å²) in [5.74, 6) is -1.28. The fourth-order valence-corrected chi connectivity index (χ4v) is 2.64. The van der Waals surface area contributed by atoms with Crippen molar-refractivity contribution in [2.24, 2.45) is 0 Å². The van der Waals surface area contributed by atoms with E-state index in [1.165, 1.54) is 6.07 Å². The summed E-state index contributed by atoms with van der Waals surface area (Å²) in [5.41, 5.74) is 6.10. The predicted octanol–water partition coefficient (Wildman–Crippen LogP) is 2.93. The molecular formula is C14H13ClF2N4O. The van der Waals surface area contributed by atoms with Crippen LogP contribution < -0.4 is 11.1 Å². The lowest BCUT2D eigenvalue weighted by molar-refractivity contribution is 0.107. The molecule has 0 radical (unpaired) electrons. The average molecular weight is 327 g/mol. The van der Waals surface area contributed by atoms with Gasteiger partial charge in [-0.3, -0.25) is 0 Å². The number of ether oxygens (including phenoxy) is 1. The monoisotopic (exact) mass is 326 g/mol. The zero-order valence-corrected chi connectivity index (χ0v) is 12.1. The first-order valence-corrected chi connectivity index (χ1v) is 7.04. The van der Waals surface area contributed by atoms with E-state index in [0.717, 1.165) is 12.1 Å². The van der Waals surface area contributed by atoms with Gasteiger partial charge in [0.1, 0.15) is 17.1 Å². The lowest BCUT2D eigenvalue weighted by atomic mass is 10.0. The van der Waals surface area contributed by atoms with Gasteiger partial charge in [-0.05, 0) is 24.1 Å². The molecule has 1 aliphatic rings. The van der Waals surface area contributed by atoms with Gasteiger partial charge in [-0.25, -0.2) is 13.8 Å². The molecule has 116 valence electrons. The Hall–Kier alpha value is -1.99. The molecule has 8 heteroatoms. The van der Waals surface area contributed by atoms with Crippen molar-refractivity contribution in [3.05, 3.63) is 46.6 Å². The number of nitrogens with one attached hydrogen (secondary N) is 1. The first kappa shape index (κ1) is 14.9. The van der Waals surface area contributed by atoms with Crippen LogP contribution >= 0.6 is 11.6 Å². The van der Waals surface area contributed by atoms with E-state index in [1.54, 1.807) is 6.07 Å². The largest absolute Gasteiger partial charge is 0.371 e. The van der Waals surface area contributed by atoms with E-state index in [1.807, 2.05) is 0 Å². The number of anilines is 2. The van der Waals surface area contributed by atoms with Crippen molar-refractivity contribution >= 4 is 23.4 Å². The Morgan fingerprint density at radius 3 is 2.77 bits per heavy atom. The van der Waals surface area contributed by atoms with Crippen LogP contribution in [0.25, 0.3) is 0 Å². The van der Waals surface area contributed by atoms with Crippen molar-refractivity contribution in [3.63, 3.8) is 0 Å². The molecule has 2 atom stereocenters. The fourth-order valence-electron chi connectivity index (χ4n) is 2.45. The van der Waals surface area contributed by atoms with E-state index >= 15 is 0 Å². The van der Waals surface area contributed by atoms with Crippen molar-refractivity contribution in [2.45, 2.75) is 18.6 Å². The maximum atomic E-state index is 13.4. The molecule has 5 nitrogen and oxygen atoms in total. The van der Waals surface area contributed by atoms with Crippen LogP contribution in [-0.4, -0.2) is 22.6 Å². The third-order valence-corrected chi connectivity index (χ3v) is 3.60. The number of hydrogen-bond acceptors (Lipinski definition) is 5. The van der Waals surface area contributed by atoms with Crippen LogP contribution in [0.2, 0.25) is 5.15 Å². The number of hydrogen-bond donors (Lipinski definition) is 2. The number of benzene rings is 1. The van der Waals surface area contributed by atoms with Gasteiger partial charge in [-0.1, -0.05) is 17.7 Å². The molecule has 0 saturated carbocycles. The molecule has 2 heterocycles. The highest BCUT2D eigenvalue weighted by atomic mass is 35.5. The molecule has 1 saturated heterocycles. The number of aromatic nitrogens is 2. The normalized spacial score (nSPS) is 21.0. The van der Waals surface area contributed by atoms with Gasteiger partial charge in [0.15, 0.2) is 11.6 Å². The molecule has 3 N–H and O–H groups in total. The molecule has 0 aliphatic carbocycles. The van der Waals surface area contributed by atoms with Gasteiger partial charge >= 0.3 is 0 Å². The van der Waals surface area contributed by atoms with Crippen molar-refractivity contribution in [3.8, 4) is 0 Å². The molecule has 1 aromatic heterocycles. The Morgan fingerprint density at radius 2 is 2.05 bits per heavy atom. The number of nitrogen functional groups attached to an aromatic ring is 1. The Labute approximate surface area is 130 Å². The van der Waals surface area contributed by atoms with Crippen molar-refractivity contribution in [2.75, 3.05) is 17.7 Å². The zero-order valence-electron chi connectivity index (χ0n) is 11.4. The molecule has 0 bridgehead atoms. The minimum Gasteiger partial charge on any atom is -0.371 e. The second-order valence-corrected chi connectivity index (χ2v) is 5.33. The van der Waals surface area contributed by atoms with Crippen LogP contribution in [-0.2, 0) is 4.74 Å². The maximum absolute atomic E-state index is 13.4. The lowest BCUT2D eigenvalue weighted by Gasteiger charge is -2.21. The Kier molecular flexibility index (Phi) is 4.08. The molecule has 0 spiro atoms. The van der Waals surface area contributed by atoms with Gasteiger partial charge in [-0.15, -0.1) is 0 Å². The smallest absolute Gasteiger partial charge is 0.223 e. The van der Waals surface area contributed by atoms with Crippen LogP contribution in [0.5, 0.6) is 0 Å². The molecule has 22 heavy (non-hydrogen) atoms. The summed E-state index contributed by atoms with van der Waals surface area (Å²) in [6.07, 6.45) is 0.274. The van der Waals surface area contributed by atoms with Crippen LogP contribution in [0.3, 0.4) is 0 Å². The van der Waals surface area contributed by atoms with Crippen molar-refractivity contribution in [1.82, 2.24) is 9.97 Å². The Balaban J connectivity index is 1.82. The van der Waals surface area contributed by atoms with Gasteiger partial charge in [-0.2, -0.15) is 4.98 Å². The van der Waals surface area contributed by atoms with E-state index in [9.17, 15) is 8.78 Å². The summed E-state index contributed by atoms with van der Waals surface area (Å²) in [6.45, 7) is 0.496. The standard InChI is InChI=1S/C14H13ClF2N4O/c15-11-6-12(21-14(18)20-11)19-10-3-4-22-13(10)7-1-2-8(16)9(17)5-7/h1-2,5-6,10,13H,3-4H2,(H3,18,19,20,21). The van der Waals surface area contributed by atoms with E-state index in [4.69, 9.17) is 22.1 Å². The molecule has 2 aromatic rings. The highest BCUT2D eigenvalue weighted by Crippen LogP contribution is 2.32. The summed E-state index contributed by atoms with van der Waals surface area (Å²) in [6, 6.07) is 5.11. The number of rotatable bonds is 3. The van der Waals surface area contributed by atoms with Crippen LogP contribution in [0, 0.1) is 11.6 Å². The quantitative estimate of drug-likeness (QED) is 0.848. The number of nitrogens with two attached hydrogens (primary N) is 1. The first-order chi connectivity index (χ1) is 10.5. The van der Waals surface area contributed by atoms with E-state index in [0.29, 0.717) is 24.4 Å². The van der Waals surface area contributed by atoms with E-state index in [2.05, 4.69) is 15.3 Å². The topological polar surface area (TPSA) is 73.1 Å². The summed E-state index contributed by atoms with van der Waals surface area (Å²) >= 11 is 5.83. The van der Waals surface area contributed by atoms with Crippen LogP contribution in [0.15, 0.2) is 24.3 Å². The summed E-state index contributed by atoms with van der Waals surface area (Å²) in [7, 11) is 0. The van der Waals surface area contributed by atoms with Gasteiger partial charge < -0.3 is 15.8 Å². The first-order valence-electron chi connectivity index (χ1n) is 6.66. The third kappa shape index (κ3) is 3.10. The maximum Gasteiger partial charge on any atom is 0.223 e. The highest BCUT2D eigenvalue weighted by molar-refractivity contribution is 6.29. The number of halogens is 3. The molecule has 3 rings (SSSR count). The van der Waals surface area contributed by atoms with Crippen molar-refractivity contribution in [1.29, 1.82) is 0 Å². The summed E-state index contributed by atoms with van der Waals surface area (Å²) in [5, 5.41) is 3.37. The van der Waals surface area contributed by atoms with Gasteiger partial charge in [0.05, 0.1) is 6.04 Å². The SMILES string of the molecule is Nc1nc(Cl)cc(NC2CCOC2c2ccc(F)c(F)c2)n1. The molecule has 0 amide bonds. The third-order valence-electron chi connectivity index (χ3n) is 3.41. The average Bonchev–Trinajstić information content (AvgIpc) is 2.89. The minimum absolute atomic E-state index is 0.0540. The van der Waals surface area contributed by atoms with Crippen LogP contribution in [0.4, 0.5) is 20.5 Å². The molecule has 2 unspecified atom stereocenters. The highest BCUT2D eigenvalue weighted by Gasteiger charge is 2.30. The number of nitrogens with zero attached hydrogens (tertiary/aromatic N) is 2. The van der Waals surface area contributed by atoms with Gasteiger partial charge in [0, 0.05) is 12.7 Å². The van der Waals surface area contributed by atoms with E-state index in [-0.39, 0.29) is 17.1 Å². The second kappa shape index (κ2) is 6.02. The Morgan fingerprint density at radius 1 is 1.23 bits per heavy atom. The predicted molar refractivity (Wildman–Crippen MR) is 78.5 cm³/mol. The van der Waals surface area contributed by atoms with Gasteiger partial charge in [0.25, 0.3) is 0 Å². The summed E-state index contributed by atoms with van der Waals surface area (Å²) in [4.78, 5) is 7.82. The van der Waals surface area contributed by atoms with Crippen LogP contribution in [0.1, 0.15) is 18.1 Å². The minimum atomic E-state index is -0.902. The molecule has 1 aromatic carbocycles. The van der Waals surface area contributed by atoms with Crippen molar-refractivity contribution < 1.29 is 13.5 Å². The lowest BCUT2D eigenvalue weighted by Crippen LogP contribution is -2.24. The fraction of sp³-hybridized carbons (Fsp3) is 0.286. The van der Waals surface area contributed by atoms with Gasteiger partial charge in [0.2, 0.25) is 5.95 Å². The zero-order chi connectivity index (χ0) is 15.7.